The van der Waals surface area contributed by atoms with Gasteiger partial charge in [-0.1, -0.05) is 0 Å². The molecule has 1 aromatic rings. The van der Waals surface area contributed by atoms with Gasteiger partial charge in [0.2, 0.25) is 20.0 Å². The smallest absolute Gasteiger partial charge is 0.243 e. The first kappa shape index (κ1) is 18.3. The Kier molecular flexibility index (Phi) is 5.47. The summed E-state index contributed by atoms with van der Waals surface area (Å²) in [5.74, 6) is 0. The van der Waals surface area contributed by atoms with Gasteiger partial charge in [-0.25, -0.2) is 21.1 Å². The summed E-state index contributed by atoms with van der Waals surface area (Å²) < 4.78 is 51.9. The highest BCUT2D eigenvalue weighted by molar-refractivity contribution is 7.89. The number of rotatable bonds is 5. The molecule has 0 saturated carbocycles. The molecule has 0 aromatic heterocycles. The van der Waals surface area contributed by atoms with Crippen LogP contribution in [-0.4, -0.2) is 72.3 Å². The number of hydrogen-bond acceptors (Lipinski definition) is 4. The Morgan fingerprint density at radius 2 is 1.48 bits per heavy atom. The van der Waals surface area contributed by atoms with Crippen LogP contribution in [0.3, 0.4) is 0 Å². The van der Waals surface area contributed by atoms with Crippen LogP contribution in [0.15, 0.2) is 34.1 Å². The van der Waals surface area contributed by atoms with E-state index in [0.29, 0.717) is 13.1 Å². The lowest BCUT2D eigenvalue weighted by Crippen LogP contribution is -3.14. The number of nitrogens with one attached hydrogen (secondary N) is 1. The van der Waals surface area contributed by atoms with Crippen molar-refractivity contribution in [3.8, 4) is 0 Å². The quantitative estimate of drug-likeness (QED) is 0.717. The zero-order chi connectivity index (χ0) is 17.3. The molecule has 1 aliphatic heterocycles. The number of quaternary nitrogens is 1. The van der Waals surface area contributed by atoms with Crippen LogP contribution in [-0.2, 0) is 20.0 Å². The van der Waals surface area contributed by atoms with E-state index in [1.807, 2.05) is 0 Å². The van der Waals surface area contributed by atoms with Gasteiger partial charge in [0.1, 0.15) is 0 Å². The number of benzene rings is 1. The second-order valence-electron chi connectivity index (χ2n) is 5.77. The molecule has 0 amide bonds. The number of likely N-dealkylation sites (N-methyl/N-ethyl adjacent to an activating group) is 1. The monoisotopic (exact) mass is 362 g/mol. The maximum atomic E-state index is 12.6. The molecular weight excluding hydrogens is 338 g/mol. The van der Waals surface area contributed by atoms with Gasteiger partial charge in [0.25, 0.3) is 0 Å². The normalized spacial score (nSPS) is 18.4. The van der Waals surface area contributed by atoms with Crippen molar-refractivity contribution < 1.29 is 21.7 Å². The predicted octanol–water partition coefficient (Wildman–Crippen LogP) is -1.15. The largest absolute Gasteiger partial charge is 0.333 e. The Morgan fingerprint density at radius 3 is 1.91 bits per heavy atom. The van der Waals surface area contributed by atoms with E-state index in [9.17, 15) is 16.8 Å². The first-order valence-electron chi connectivity index (χ1n) is 7.56. The topological polar surface area (TPSA) is 79.2 Å². The third-order valence-electron chi connectivity index (χ3n) is 4.17. The first-order chi connectivity index (χ1) is 10.7. The molecule has 1 aliphatic rings. The van der Waals surface area contributed by atoms with Gasteiger partial charge in [-0.15, -0.1) is 0 Å². The minimum Gasteiger partial charge on any atom is -0.333 e. The third kappa shape index (κ3) is 3.74. The predicted molar refractivity (Wildman–Crippen MR) is 87.3 cm³/mol. The van der Waals surface area contributed by atoms with Crippen molar-refractivity contribution in [1.29, 1.82) is 0 Å². The molecule has 0 radical (unpaired) electrons. The summed E-state index contributed by atoms with van der Waals surface area (Å²) in [6.07, 6.45) is 0. The van der Waals surface area contributed by atoms with Crippen LogP contribution in [0.25, 0.3) is 0 Å². The average molecular weight is 362 g/mol. The van der Waals surface area contributed by atoms with E-state index in [2.05, 4.69) is 6.92 Å². The van der Waals surface area contributed by atoms with Gasteiger partial charge >= 0.3 is 0 Å². The second kappa shape index (κ2) is 6.86. The lowest BCUT2D eigenvalue weighted by molar-refractivity contribution is -0.901. The van der Waals surface area contributed by atoms with Gasteiger partial charge in [0.15, 0.2) is 0 Å². The lowest BCUT2D eigenvalue weighted by Gasteiger charge is -2.30. The van der Waals surface area contributed by atoms with Gasteiger partial charge in [-0.3, -0.25) is 0 Å². The minimum absolute atomic E-state index is 0.0849. The number of hydrogen-bond donors (Lipinski definition) is 1. The van der Waals surface area contributed by atoms with E-state index < -0.39 is 20.0 Å². The molecule has 0 unspecified atom stereocenters. The van der Waals surface area contributed by atoms with Gasteiger partial charge < -0.3 is 4.90 Å². The summed E-state index contributed by atoms with van der Waals surface area (Å²) in [5, 5.41) is 0. The van der Waals surface area contributed by atoms with Gasteiger partial charge in [-0.2, -0.15) is 4.31 Å². The third-order valence-corrected chi connectivity index (χ3v) is 7.91. The second-order valence-corrected chi connectivity index (χ2v) is 9.86. The van der Waals surface area contributed by atoms with E-state index in [0.717, 1.165) is 23.9 Å². The lowest BCUT2D eigenvalue weighted by atomic mass is 10.4. The highest BCUT2D eigenvalue weighted by Gasteiger charge is 2.30. The zero-order valence-electron chi connectivity index (χ0n) is 13.7. The van der Waals surface area contributed by atoms with Crippen molar-refractivity contribution in [1.82, 2.24) is 8.61 Å². The molecule has 1 aromatic carbocycles. The fourth-order valence-electron chi connectivity index (χ4n) is 2.54. The highest BCUT2D eigenvalue weighted by atomic mass is 32.2. The van der Waals surface area contributed by atoms with Crippen LogP contribution in [0.2, 0.25) is 0 Å². The van der Waals surface area contributed by atoms with Crippen molar-refractivity contribution in [3.05, 3.63) is 24.3 Å². The summed E-state index contributed by atoms with van der Waals surface area (Å²) in [5.41, 5.74) is 0. The summed E-state index contributed by atoms with van der Waals surface area (Å²) in [6.45, 7) is 5.65. The van der Waals surface area contributed by atoms with Crippen LogP contribution in [0.4, 0.5) is 0 Å². The Balaban J connectivity index is 2.22. The van der Waals surface area contributed by atoms with E-state index in [-0.39, 0.29) is 9.79 Å². The van der Waals surface area contributed by atoms with E-state index in [1.165, 1.54) is 47.6 Å². The van der Waals surface area contributed by atoms with Crippen LogP contribution >= 0.6 is 0 Å². The molecule has 1 N–H and O–H groups in total. The van der Waals surface area contributed by atoms with Crippen molar-refractivity contribution >= 4 is 20.0 Å². The van der Waals surface area contributed by atoms with Gasteiger partial charge in [-0.05, 0) is 31.2 Å². The van der Waals surface area contributed by atoms with Crippen LogP contribution in [0, 0.1) is 0 Å². The molecule has 0 atom stereocenters. The molecule has 23 heavy (non-hydrogen) atoms. The van der Waals surface area contributed by atoms with Crippen molar-refractivity contribution in [2.24, 2.45) is 0 Å². The van der Waals surface area contributed by atoms with Crippen LogP contribution in [0.5, 0.6) is 0 Å². The maximum absolute atomic E-state index is 12.6. The van der Waals surface area contributed by atoms with E-state index >= 15 is 0 Å². The van der Waals surface area contributed by atoms with E-state index in [4.69, 9.17) is 0 Å². The van der Waals surface area contributed by atoms with Crippen molar-refractivity contribution in [3.63, 3.8) is 0 Å². The van der Waals surface area contributed by atoms with Gasteiger partial charge in [0.05, 0.1) is 42.5 Å². The number of piperazine rings is 1. The average Bonchev–Trinajstić information content (AvgIpc) is 2.54. The van der Waals surface area contributed by atoms with E-state index in [1.54, 1.807) is 0 Å². The zero-order valence-corrected chi connectivity index (χ0v) is 15.3. The summed E-state index contributed by atoms with van der Waals surface area (Å²) in [4.78, 5) is 1.61. The molecule has 1 fully saturated rings. The molecule has 0 bridgehead atoms. The Hall–Kier alpha value is -1.00. The summed E-state index contributed by atoms with van der Waals surface area (Å²) in [6, 6.07) is 5.42. The first-order valence-corrected chi connectivity index (χ1v) is 10.4. The SMILES string of the molecule is CC[NH+]1CCN(S(=O)(=O)c2ccc(S(=O)(=O)N(C)C)cc2)CC1. The van der Waals surface area contributed by atoms with Gasteiger partial charge in [0, 0.05) is 14.1 Å². The Morgan fingerprint density at radius 1 is 1.00 bits per heavy atom. The van der Waals surface area contributed by atoms with Crippen LogP contribution < -0.4 is 4.90 Å². The molecule has 2 rings (SSSR count). The molecule has 9 heteroatoms. The minimum atomic E-state index is -3.56. The Bertz CT molecular complexity index is 735. The molecule has 0 spiro atoms. The molecule has 1 saturated heterocycles. The standard InChI is InChI=1S/C14H23N3O4S2/c1-4-16-9-11-17(12-10-16)23(20,21)14-7-5-13(6-8-14)22(18,19)15(2)3/h5-8H,4,9-12H2,1-3H3/p+1. The fraction of sp³-hybridized carbons (Fsp3) is 0.571. The number of sulfonamides is 2. The molecular formula is C14H24N3O4S2+. The summed E-state index contributed by atoms with van der Waals surface area (Å²) in [7, 11) is -4.24. The molecule has 130 valence electrons. The van der Waals surface area contributed by atoms with Crippen molar-refractivity contribution in [2.45, 2.75) is 16.7 Å². The Labute approximate surface area is 138 Å². The maximum Gasteiger partial charge on any atom is 0.243 e. The van der Waals surface area contributed by atoms with Crippen LogP contribution in [0.1, 0.15) is 6.92 Å². The molecule has 0 aliphatic carbocycles. The fourth-order valence-corrected chi connectivity index (χ4v) is 4.88. The van der Waals surface area contributed by atoms with Crippen molar-refractivity contribution in [2.75, 3.05) is 46.8 Å². The highest BCUT2D eigenvalue weighted by Crippen LogP contribution is 2.19. The molecule has 1 heterocycles. The molecule has 7 nitrogen and oxygen atoms in total. The number of nitrogens with zero attached hydrogens (tertiary/aromatic N) is 2. The summed E-state index contributed by atoms with van der Waals surface area (Å²) >= 11 is 0.